The molecular formula is C20H34O4. The van der Waals surface area contributed by atoms with Crippen LogP contribution in [0.15, 0.2) is 36.6 Å². The zero-order valence-electron chi connectivity index (χ0n) is 15.0. The van der Waals surface area contributed by atoms with Crippen molar-refractivity contribution in [2.75, 3.05) is 6.61 Å². The van der Waals surface area contributed by atoms with Crippen molar-refractivity contribution in [3.63, 3.8) is 0 Å². The number of carbonyl (C=O) groups is 1. The number of hydrogen-bond donors (Lipinski definition) is 2. The number of ether oxygens (including phenoxy) is 1. The molecule has 0 saturated carbocycles. The second-order valence-electron chi connectivity index (χ2n) is 5.91. The molecule has 138 valence electrons. The number of rotatable bonds is 16. The molecule has 0 amide bonds. The molecule has 4 heteroatoms. The van der Waals surface area contributed by atoms with Gasteiger partial charge >= 0.3 is 5.97 Å². The quantitative estimate of drug-likeness (QED) is 0.236. The fraction of sp³-hybridized carbons (Fsp3) is 0.650. The molecule has 0 aromatic carbocycles. The van der Waals surface area contributed by atoms with Crippen LogP contribution in [-0.2, 0) is 9.53 Å². The SMILES string of the molecule is CCCCCC(O)CCC=CCC=CCCC/C=C/OCC(=O)O. The summed E-state index contributed by atoms with van der Waals surface area (Å²) >= 11 is 0. The van der Waals surface area contributed by atoms with Gasteiger partial charge in [0.1, 0.15) is 0 Å². The van der Waals surface area contributed by atoms with E-state index in [2.05, 4.69) is 31.2 Å². The second-order valence-corrected chi connectivity index (χ2v) is 5.91. The van der Waals surface area contributed by atoms with Crippen molar-refractivity contribution in [3.05, 3.63) is 36.6 Å². The summed E-state index contributed by atoms with van der Waals surface area (Å²) < 4.78 is 4.80. The van der Waals surface area contributed by atoms with Gasteiger partial charge in [-0.1, -0.05) is 50.5 Å². The van der Waals surface area contributed by atoms with Crippen LogP contribution in [0.4, 0.5) is 0 Å². The molecule has 24 heavy (non-hydrogen) atoms. The first-order valence-corrected chi connectivity index (χ1v) is 9.13. The number of aliphatic carboxylic acids is 1. The number of carboxylic acids is 1. The van der Waals surface area contributed by atoms with E-state index in [0.717, 1.165) is 51.4 Å². The van der Waals surface area contributed by atoms with E-state index in [9.17, 15) is 9.90 Å². The van der Waals surface area contributed by atoms with Gasteiger partial charge in [-0.15, -0.1) is 0 Å². The number of unbranched alkanes of at least 4 members (excludes halogenated alkanes) is 4. The van der Waals surface area contributed by atoms with Crippen LogP contribution in [0, 0.1) is 0 Å². The zero-order valence-corrected chi connectivity index (χ0v) is 15.0. The normalized spacial score (nSPS) is 13.2. The molecule has 0 aromatic heterocycles. The van der Waals surface area contributed by atoms with Gasteiger partial charge in [-0.05, 0) is 51.0 Å². The third-order valence-corrected chi connectivity index (χ3v) is 3.55. The molecule has 1 unspecified atom stereocenters. The van der Waals surface area contributed by atoms with E-state index in [0.29, 0.717) is 0 Å². The van der Waals surface area contributed by atoms with Crippen LogP contribution in [0.3, 0.4) is 0 Å². The maximum absolute atomic E-state index is 10.2. The monoisotopic (exact) mass is 338 g/mol. The lowest BCUT2D eigenvalue weighted by molar-refractivity contribution is -0.140. The summed E-state index contributed by atoms with van der Waals surface area (Å²) in [4.78, 5) is 10.2. The molecule has 0 fully saturated rings. The Morgan fingerprint density at radius 2 is 1.67 bits per heavy atom. The minimum atomic E-state index is -0.957. The van der Waals surface area contributed by atoms with Crippen LogP contribution in [-0.4, -0.2) is 28.9 Å². The minimum Gasteiger partial charge on any atom is -0.490 e. The predicted octanol–water partition coefficient (Wildman–Crippen LogP) is 5.00. The lowest BCUT2D eigenvalue weighted by atomic mass is 10.1. The molecule has 4 nitrogen and oxygen atoms in total. The maximum Gasteiger partial charge on any atom is 0.341 e. The highest BCUT2D eigenvalue weighted by Crippen LogP contribution is 2.08. The Hall–Kier alpha value is -1.55. The first-order chi connectivity index (χ1) is 11.7. The fourth-order valence-corrected chi connectivity index (χ4v) is 2.18. The molecule has 0 saturated heterocycles. The summed E-state index contributed by atoms with van der Waals surface area (Å²) in [5.41, 5.74) is 0. The van der Waals surface area contributed by atoms with Crippen LogP contribution in [0.2, 0.25) is 0 Å². The summed E-state index contributed by atoms with van der Waals surface area (Å²) in [5, 5.41) is 18.2. The average molecular weight is 338 g/mol. The van der Waals surface area contributed by atoms with Gasteiger partial charge < -0.3 is 14.9 Å². The Morgan fingerprint density at radius 1 is 0.958 bits per heavy atom. The Balaban J connectivity index is 3.40. The van der Waals surface area contributed by atoms with Crippen molar-refractivity contribution in [2.24, 2.45) is 0 Å². The van der Waals surface area contributed by atoms with Crippen LogP contribution in [0.5, 0.6) is 0 Å². The van der Waals surface area contributed by atoms with Crippen molar-refractivity contribution < 1.29 is 19.7 Å². The number of aliphatic hydroxyl groups is 1. The third-order valence-electron chi connectivity index (χ3n) is 3.55. The Kier molecular flexibility index (Phi) is 16.6. The van der Waals surface area contributed by atoms with Gasteiger partial charge in [0.2, 0.25) is 0 Å². The number of allylic oxidation sites excluding steroid dienone is 5. The number of aliphatic hydroxyl groups excluding tert-OH is 1. The van der Waals surface area contributed by atoms with Crippen LogP contribution in [0.1, 0.15) is 71.1 Å². The van der Waals surface area contributed by atoms with Gasteiger partial charge in [0, 0.05) is 0 Å². The first kappa shape index (κ1) is 22.4. The Labute approximate surface area is 146 Å². The molecule has 0 aliphatic carbocycles. The van der Waals surface area contributed by atoms with Crippen LogP contribution >= 0.6 is 0 Å². The summed E-state index contributed by atoms with van der Waals surface area (Å²) in [5.74, 6) is -0.957. The first-order valence-electron chi connectivity index (χ1n) is 9.13. The number of carboxylic acid groups (broad SMARTS) is 1. The Bertz CT molecular complexity index is 372. The van der Waals surface area contributed by atoms with E-state index in [1.807, 2.05) is 6.08 Å². The molecule has 2 N–H and O–H groups in total. The van der Waals surface area contributed by atoms with Crippen molar-refractivity contribution in [1.82, 2.24) is 0 Å². The van der Waals surface area contributed by atoms with Gasteiger partial charge in [-0.2, -0.15) is 0 Å². The van der Waals surface area contributed by atoms with Crippen LogP contribution in [0.25, 0.3) is 0 Å². The zero-order chi connectivity index (χ0) is 17.9. The van der Waals surface area contributed by atoms with Crippen molar-refractivity contribution in [3.8, 4) is 0 Å². The molecule has 1 atom stereocenters. The summed E-state index contributed by atoms with van der Waals surface area (Å²) in [7, 11) is 0. The standard InChI is InChI=1S/C20H34O4/c1-2-3-12-15-19(21)16-13-10-8-6-4-5-7-9-11-14-17-24-18-20(22)23/h4-5,8,10,14,17,19,21H,2-3,6-7,9,11-13,15-16,18H2,1H3,(H,22,23)/b5-4?,10-8?,17-14+. The lowest BCUT2D eigenvalue weighted by Crippen LogP contribution is -2.05. The largest absolute Gasteiger partial charge is 0.490 e. The molecule has 0 heterocycles. The van der Waals surface area contributed by atoms with Gasteiger partial charge in [0.15, 0.2) is 6.61 Å². The van der Waals surface area contributed by atoms with E-state index < -0.39 is 5.97 Å². The predicted molar refractivity (Wildman–Crippen MR) is 98.9 cm³/mol. The summed E-state index contributed by atoms with van der Waals surface area (Å²) in [6.45, 7) is 1.90. The van der Waals surface area contributed by atoms with Crippen molar-refractivity contribution >= 4 is 5.97 Å². The average Bonchev–Trinajstić information content (AvgIpc) is 2.55. The highest BCUT2D eigenvalue weighted by molar-refractivity contribution is 5.68. The van der Waals surface area contributed by atoms with Gasteiger partial charge in [-0.3, -0.25) is 0 Å². The van der Waals surface area contributed by atoms with Crippen molar-refractivity contribution in [1.29, 1.82) is 0 Å². The lowest BCUT2D eigenvalue weighted by Gasteiger charge is -2.07. The Morgan fingerprint density at radius 3 is 2.38 bits per heavy atom. The van der Waals surface area contributed by atoms with Gasteiger partial charge in [-0.25, -0.2) is 4.79 Å². The van der Waals surface area contributed by atoms with Gasteiger partial charge in [0.05, 0.1) is 12.4 Å². The molecular weight excluding hydrogens is 304 g/mol. The topological polar surface area (TPSA) is 66.8 Å². The van der Waals surface area contributed by atoms with E-state index in [1.54, 1.807) is 0 Å². The number of hydrogen-bond acceptors (Lipinski definition) is 3. The molecule has 0 aromatic rings. The van der Waals surface area contributed by atoms with E-state index in [4.69, 9.17) is 9.84 Å². The third kappa shape index (κ3) is 18.5. The van der Waals surface area contributed by atoms with Gasteiger partial charge in [0.25, 0.3) is 0 Å². The molecule has 0 radical (unpaired) electrons. The highest BCUT2D eigenvalue weighted by atomic mass is 16.5. The second kappa shape index (κ2) is 17.8. The smallest absolute Gasteiger partial charge is 0.341 e. The van der Waals surface area contributed by atoms with E-state index in [1.165, 1.54) is 19.1 Å². The molecule has 0 spiro atoms. The summed E-state index contributed by atoms with van der Waals surface area (Å²) in [6, 6.07) is 0. The molecule has 0 bridgehead atoms. The van der Waals surface area contributed by atoms with Crippen molar-refractivity contribution in [2.45, 2.75) is 77.2 Å². The molecule has 0 aliphatic rings. The van der Waals surface area contributed by atoms with E-state index in [-0.39, 0.29) is 12.7 Å². The summed E-state index contributed by atoms with van der Waals surface area (Å²) in [6.07, 6.45) is 21.9. The molecule has 0 aliphatic heterocycles. The highest BCUT2D eigenvalue weighted by Gasteiger charge is 2.01. The molecule has 0 rings (SSSR count). The van der Waals surface area contributed by atoms with Crippen LogP contribution < -0.4 is 0 Å². The van der Waals surface area contributed by atoms with E-state index >= 15 is 0 Å². The maximum atomic E-state index is 10.2. The minimum absolute atomic E-state index is 0.149. The fourth-order valence-electron chi connectivity index (χ4n) is 2.18.